The van der Waals surface area contributed by atoms with E-state index < -0.39 is 27.8 Å². The molecule has 0 fully saturated rings. The number of carbonyl (C=O) groups excluding carboxylic acids is 1. The quantitative estimate of drug-likeness (QED) is 0.0156. The minimum atomic E-state index is -4.28. The summed E-state index contributed by atoms with van der Waals surface area (Å²) in [6.07, 6.45) is 0.0490. The van der Waals surface area contributed by atoms with Gasteiger partial charge in [0.1, 0.15) is 30.5 Å². The monoisotopic (exact) mass is 1080 g/mol. The van der Waals surface area contributed by atoms with Crippen LogP contribution in [0, 0.1) is 13.8 Å². The van der Waals surface area contributed by atoms with Gasteiger partial charge in [0.15, 0.2) is 6.54 Å². The molecule has 23 heteroatoms. The van der Waals surface area contributed by atoms with E-state index in [9.17, 15) is 27.7 Å². The largest absolute Gasteiger partial charge is 0.491 e. The highest BCUT2D eigenvalue weighted by Gasteiger charge is 2.28. The number of aromatic carboxylic acids is 1. The average Bonchev–Trinajstić information content (AvgIpc) is 3.38. The third-order valence-corrected chi connectivity index (χ3v) is 11.6. The Morgan fingerprint density at radius 1 is 0.493 bits per heavy atom. The fraction of sp³-hybridized carbons (Fsp3) is 0.596. The van der Waals surface area contributed by atoms with Crippen molar-refractivity contribution in [3.63, 3.8) is 0 Å². The molecule has 1 heterocycles. The molecule has 0 radical (unpaired) electrons. The number of nitrogens with zero attached hydrogens (tertiary/aromatic N) is 1. The summed E-state index contributed by atoms with van der Waals surface area (Å²) in [5, 5.41) is 10.5. The normalized spacial score (nSPS) is 11.7. The van der Waals surface area contributed by atoms with Crippen LogP contribution in [0.4, 0.5) is 0 Å². The van der Waals surface area contributed by atoms with Crippen LogP contribution < -0.4 is 18.8 Å². The fourth-order valence-corrected chi connectivity index (χ4v) is 7.78. The molecule has 0 aliphatic rings. The van der Waals surface area contributed by atoms with Gasteiger partial charge in [-0.05, 0) is 61.4 Å². The first-order valence-corrected chi connectivity index (χ1v) is 26.5. The van der Waals surface area contributed by atoms with Crippen LogP contribution in [0.3, 0.4) is 0 Å². The number of fused-ring (bicyclic) bond motifs is 2. The number of carboxylic acid groups (broad SMARTS) is 1. The predicted molar refractivity (Wildman–Crippen MR) is 273 cm³/mol. The van der Waals surface area contributed by atoms with Crippen molar-refractivity contribution >= 4 is 43.9 Å². The molecule has 0 unspecified atom stereocenters. The molecule has 0 spiro atoms. The molecule has 0 saturated carbocycles. The number of pyridine rings is 1. The molecule has 0 saturated heterocycles. The average molecular weight is 1080 g/mol. The van der Waals surface area contributed by atoms with E-state index in [1.807, 2.05) is 4.57 Å². The number of benzene rings is 3. The van der Waals surface area contributed by atoms with Crippen LogP contribution in [0.15, 0.2) is 48.5 Å². The Balaban J connectivity index is 1.40. The van der Waals surface area contributed by atoms with Crippen molar-refractivity contribution in [1.82, 2.24) is 0 Å². The molecule has 0 atom stereocenters. The zero-order valence-corrected chi connectivity index (χ0v) is 44.5. The molecule has 3 aromatic carbocycles. The highest BCUT2D eigenvalue weighted by atomic mass is 32.2. The van der Waals surface area contributed by atoms with Crippen molar-refractivity contribution in [2.75, 3.05) is 179 Å². The number of ether oxygens (including phenoxy) is 15. The first-order valence-electron chi connectivity index (χ1n) is 24.9. The van der Waals surface area contributed by atoms with E-state index in [-0.39, 0.29) is 56.3 Å². The van der Waals surface area contributed by atoms with Crippen molar-refractivity contribution < 1.29 is 103 Å². The number of hydrogen-bond donors (Lipinski definition) is 2. The maximum absolute atomic E-state index is 14.7. The molecule has 75 heavy (non-hydrogen) atoms. The number of carboxylic acids is 1. The Morgan fingerprint density at radius 3 is 1.15 bits per heavy atom. The maximum atomic E-state index is 14.7. The van der Waals surface area contributed by atoms with Gasteiger partial charge < -0.3 is 76.2 Å². The molecular weight excluding hydrogens is 1010 g/mol. The molecule has 22 nitrogen and oxygen atoms in total. The Labute approximate surface area is 439 Å². The number of esters is 1. The van der Waals surface area contributed by atoms with Gasteiger partial charge in [0.2, 0.25) is 11.0 Å². The number of aromatic nitrogens is 1. The van der Waals surface area contributed by atoms with Gasteiger partial charge in [0, 0.05) is 32.8 Å². The molecule has 4 aromatic rings. The van der Waals surface area contributed by atoms with Gasteiger partial charge in [0.05, 0.1) is 173 Å². The molecule has 0 amide bonds. The van der Waals surface area contributed by atoms with Crippen molar-refractivity contribution in [1.29, 1.82) is 0 Å². The SMILES string of the molecule is COCCOCCOCCOCCOCCOCCOc1ccc2c(c1)c(C(=O)Oc1c(C)cc(C(=O)O)cc1C)c1cc(OCCOCCOCCOCCOCCOCCOC)ccc1[n+]2CCCS(=O)(=O)O. The van der Waals surface area contributed by atoms with E-state index >= 15 is 0 Å². The molecule has 0 bridgehead atoms. The van der Waals surface area contributed by atoms with E-state index in [4.69, 9.17) is 71.1 Å². The van der Waals surface area contributed by atoms with Crippen molar-refractivity contribution in [3.8, 4) is 17.2 Å². The lowest BCUT2D eigenvalue weighted by atomic mass is 10.0. The summed E-state index contributed by atoms with van der Waals surface area (Å²) in [4.78, 5) is 26.5. The van der Waals surface area contributed by atoms with Gasteiger partial charge in [-0.1, -0.05) is 0 Å². The maximum Gasteiger partial charge on any atom is 0.345 e. The van der Waals surface area contributed by atoms with Gasteiger partial charge in [-0.25, -0.2) is 9.59 Å². The standard InChI is InChI=1S/C52H75NO21S/c1-40-36-42(51(54)55)37-41(2)50(40)74-52(56)49-45-38-43(72-33-31-70-29-27-68-25-23-66-21-19-64-17-15-62-13-11-60-3)6-8-47(45)53(10-5-35-75(57,58)59)48-9-7-44(39-46(48)49)73-34-32-71-30-28-69-26-24-67-22-20-65-18-16-63-14-12-61-4/h6-9,36-39H,5,10-35H2,1-4H3,(H-,54,55,57,58,59)/p+1. The lowest BCUT2D eigenvalue weighted by Gasteiger charge is -2.16. The van der Waals surface area contributed by atoms with Crippen LogP contribution >= 0.6 is 0 Å². The Kier molecular flexibility index (Phi) is 31.1. The Morgan fingerprint density at radius 2 is 0.827 bits per heavy atom. The molecule has 0 aliphatic heterocycles. The highest BCUT2D eigenvalue weighted by Crippen LogP contribution is 2.33. The summed E-state index contributed by atoms with van der Waals surface area (Å²) in [6, 6.07) is 13.2. The third-order valence-electron chi connectivity index (χ3n) is 10.8. The molecular formula is C52H76NO21S+. The first kappa shape index (κ1) is 62.8. The molecule has 4 rings (SSSR count). The molecule has 2 N–H and O–H groups in total. The van der Waals surface area contributed by atoms with Gasteiger partial charge >= 0.3 is 11.9 Å². The summed E-state index contributed by atoms with van der Waals surface area (Å²) in [5.74, 6) is -1.37. The zero-order chi connectivity index (χ0) is 53.9. The fourth-order valence-electron chi connectivity index (χ4n) is 7.29. The zero-order valence-electron chi connectivity index (χ0n) is 43.7. The van der Waals surface area contributed by atoms with Gasteiger partial charge in [-0.3, -0.25) is 4.55 Å². The lowest BCUT2D eigenvalue weighted by Crippen LogP contribution is -2.37. The van der Waals surface area contributed by atoms with Crippen LogP contribution in [0.25, 0.3) is 21.8 Å². The minimum absolute atomic E-state index is 0.0432. The van der Waals surface area contributed by atoms with Crippen LogP contribution in [-0.2, 0) is 73.5 Å². The molecule has 420 valence electrons. The second-order valence-electron chi connectivity index (χ2n) is 16.5. The summed E-state index contributed by atoms with van der Waals surface area (Å²) >= 11 is 0. The summed E-state index contributed by atoms with van der Waals surface area (Å²) < 4.78 is 119. The number of carbonyl (C=O) groups is 2. The van der Waals surface area contributed by atoms with E-state index in [0.29, 0.717) is 177 Å². The summed E-state index contributed by atoms with van der Waals surface area (Å²) in [6.45, 7) is 13.0. The predicted octanol–water partition coefficient (Wildman–Crippen LogP) is 4.31. The van der Waals surface area contributed by atoms with Crippen LogP contribution in [0.5, 0.6) is 17.2 Å². The van der Waals surface area contributed by atoms with Gasteiger partial charge in [-0.15, -0.1) is 0 Å². The molecule has 1 aromatic heterocycles. The topological polar surface area (TPSA) is 251 Å². The Bertz CT molecular complexity index is 2260. The third kappa shape index (κ3) is 24.9. The van der Waals surface area contributed by atoms with Crippen molar-refractivity contribution in [2.24, 2.45) is 0 Å². The number of methoxy groups -OCH3 is 2. The summed E-state index contributed by atoms with van der Waals surface area (Å²) in [7, 11) is -1.04. The lowest BCUT2D eigenvalue weighted by molar-refractivity contribution is -0.645. The van der Waals surface area contributed by atoms with Gasteiger partial charge in [-0.2, -0.15) is 13.0 Å². The first-order chi connectivity index (χ1) is 36.4. The van der Waals surface area contributed by atoms with Crippen molar-refractivity contribution in [3.05, 3.63) is 70.8 Å². The highest BCUT2D eigenvalue weighted by molar-refractivity contribution is 7.85. The van der Waals surface area contributed by atoms with Gasteiger partial charge in [0.25, 0.3) is 10.1 Å². The summed E-state index contributed by atoms with van der Waals surface area (Å²) in [5.41, 5.74) is 2.14. The second-order valence-corrected chi connectivity index (χ2v) is 18.0. The smallest absolute Gasteiger partial charge is 0.345 e. The van der Waals surface area contributed by atoms with Crippen LogP contribution in [0.1, 0.15) is 38.3 Å². The number of hydrogen-bond acceptors (Lipinski definition) is 19. The van der Waals surface area contributed by atoms with E-state index in [2.05, 4.69) is 0 Å². The van der Waals surface area contributed by atoms with Crippen LogP contribution in [0.2, 0.25) is 0 Å². The second kappa shape index (κ2) is 37.1. The van der Waals surface area contributed by atoms with Crippen molar-refractivity contribution in [2.45, 2.75) is 26.8 Å². The number of aryl methyl sites for hydroxylation is 3. The van der Waals surface area contributed by atoms with E-state index in [1.54, 1.807) is 64.5 Å². The molecule has 0 aliphatic carbocycles. The Hall–Kier alpha value is -4.70. The van der Waals surface area contributed by atoms with E-state index in [0.717, 1.165) is 0 Å². The van der Waals surface area contributed by atoms with E-state index in [1.165, 1.54) is 12.1 Å². The van der Waals surface area contributed by atoms with Crippen LogP contribution in [-0.4, -0.2) is 209 Å². The number of rotatable bonds is 45. The minimum Gasteiger partial charge on any atom is -0.491 e.